The maximum atomic E-state index is 10.9. The van der Waals surface area contributed by atoms with E-state index in [0.717, 1.165) is 15.8 Å². The van der Waals surface area contributed by atoms with Crippen molar-refractivity contribution in [3.05, 3.63) is 28.2 Å². The summed E-state index contributed by atoms with van der Waals surface area (Å²) in [4.78, 5) is 10.9. The van der Waals surface area contributed by atoms with Crippen molar-refractivity contribution >= 4 is 21.8 Å². The zero-order chi connectivity index (χ0) is 11.3. The molecule has 0 radical (unpaired) electrons. The summed E-state index contributed by atoms with van der Waals surface area (Å²) < 4.78 is 6.51. The number of rotatable bonds is 4. The molecule has 1 N–H and O–H groups in total. The number of halogens is 1. The van der Waals surface area contributed by atoms with Gasteiger partial charge in [0.2, 0.25) is 5.91 Å². The van der Waals surface area contributed by atoms with E-state index in [1.807, 2.05) is 25.1 Å². The summed E-state index contributed by atoms with van der Waals surface area (Å²) in [6, 6.07) is 5.79. The third-order valence-electron chi connectivity index (χ3n) is 2.00. The van der Waals surface area contributed by atoms with Gasteiger partial charge >= 0.3 is 0 Å². The second-order valence-corrected chi connectivity index (χ2v) is 4.10. The van der Waals surface area contributed by atoms with Crippen molar-refractivity contribution in [2.75, 3.05) is 13.7 Å². The summed E-state index contributed by atoms with van der Waals surface area (Å²) in [5.41, 5.74) is 1.06. The van der Waals surface area contributed by atoms with Gasteiger partial charge in [-0.3, -0.25) is 4.79 Å². The average Bonchev–Trinajstić information content (AvgIpc) is 2.21. The zero-order valence-corrected chi connectivity index (χ0v) is 10.4. The van der Waals surface area contributed by atoms with Gasteiger partial charge in [-0.05, 0) is 30.7 Å². The van der Waals surface area contributed by atoms with Crippen LogP contribution >= 0.6 is 15.9 Å². The fraction of sp³-hybridized carbons (Fsp3) is 0.364. The molecule has 0 bridgehead atoms. The van der Waals surface area contributed by atoms with Gasteiger partial charge in [-0.25, -0.2) is 0 Å². The van der Waals surface area contributed by atoms with Crippen molar-refractivity contribution in [2.45, 2.75) is 13.3 Å². The Hall–Kier alpha value is -1.03. The average molecular weight is 272 g/mol. The Balaban J connectivity index is 2.47. The Bertz CT molecular complexity index is 352. The molecule has 3 nitrogen and oxygen atoms in total. The molecule has 0 aliphatic carbocycles. The molecule has 1 rings (SSSR count). The van der Waals surface area contributed by atoms with Gasteiger partial charge in [-0.2, -0.15) is 0 Å². The van der Waals surface area contributed by atoms with Gasteiger partial charge in [0.15, 0.2) is 0 Å². The molecule has 0 unspecified atom stereocenters. The first-order valence-electron chi connectivity index (χ1n) is 4.73. The van der Waals surface area contributed by atoms with Gasteiger partial charge < -0.3 is 10.1 Å². The van der Waals surface area contributed by atoms with E-state index in [1.165, 1.54) is 0 Å². The maximum absolute atomic E-state index is 10.9. The van der Waals surface area contributed by atoms with Crippen LogP contribution in [0.1, 0.15) is 12.0 Å². The highest BCUT2D eigenvalue weighted by molar-refractivity contribution is 9.10. The van der Waals surface area contributed by atoms with Crippen LogP contribution in [0.3, 0.4) is 0 Å². The van der Waals surface area contributed by atoms with Crippen LogP contribution in [0.5, 0.6) is 5.75 Å². The van der Waals surface area contributed by atoms with Crippen molar-refractivity contribution < 1.29 is 9.53 Å². The largest absolute Gasteiger partial charge is 0.493 e. The van der Waals surface area contributed by atoms with Crippen LogP contribution in [-0.4, -0.2) is 19.6 Å². The quantitative estimate of drug-likeness (QED) is 0.913. The van der Waals surface area contributed by atoms with E-state index in [2.05, 4.69) is 21.2 Å². The lowest BCUT2D eigenvalue weighted by Crippen LogP contribution is -2.20. The monoisotopic (exact) mass is 271 g/mol. The highest BCUT2D eigenvalue weighted by Crippen LogP contribution is 2.22. The second kappa shape index (κ2) is 5.75. The molecule has 1 aromatic rings. The summed E-state index contributed by atoms with van der Waals surface area (Å²) in [5.74, 6) is 0.812. The fourth-order valence-corrected chi connectivity index (χ4v) is 1.63. The molecule has 1 aromatic carbocycles. The van der Waals surface area contributed by atoms with Crippen molar-refractivity contribution in [2.24, 2.45) is 0 Å². The van der Waals surface area contributed by atoms with Crippen LogP contribution in [0, 0.1) is 6.92 Å². The number of nitrogens with one attached hydrogen (secondary N) is 1. The minimum absolute atomic E-state index is 0.00948. The van der Waals surface area contributed by atoms with Gasteiger partial charge in [0.05, 0.1) is 13.0 Å². The predicted octanol–water partition coefficient (Wildman–Crippen LogP) is 2.27. The predicted molar refractivity (Wildman–Crippen MR) is 63.1 cm³/mol. The van der Waals surface area contributed by atoms with Crippen molar-refractivity contribution in [3.63, 3.8) is 0 Å². The molecule has 0 atom stereocenters. The van der Waals surface area contributed by atoms with E-state index in [-0.39, 0.29) is 5.91 Å². The molecule has 0 aliphatic rings. The van der Waals surface area contributed by atoms with Crippen LogP contribution in [0.15, 0.2) is 22.7 Å². The Morgan fingerprint density at radius 1 is 1.53 bits per heavy atom. The molecule has 1 amide bonds. The third-order valence-corrected chi connectivity index (χ3v) is 2.50. The number of hydrogen-bond donors (Lipinski definition) is 1. The van der Waals surface area contributed by atoms with E-state index >= 15 is 0 Å². The molecule has 0 fully saturated rings. The first-order valence-corrected chi connectivity index (χ1v) is 5.52. The van der Waals surface area contributed by atoms with Crippen LogP contribution in [0.4, 0.5) is 0 Å². The van der Waals surface area contributed by atoms with Gasteiger partial charge in [0.1, 0.15) is 5.75 Å². The number of amides is 1. The second-order valence-electron chi connectivity index (χ2n) is 3.18. The standard InChI is InChI=1S/C11H14BrNO2/c1-8-7-9(12)3-4-10(8)15-6-5-11(14)13-2/h3-4,7H,5-6H2,1-2H3,(H,13,14). The van der Waals surface area contributed by atoms with Crippen LogP contribution in [0.25, 0.3) is 0 Å². The van der Waals surface area contributed by atoms with Crippen molar-refractivity contribution in [1.82, 2.24) is 5.32 Å². The molecule has 4 heteroatoms. The molecule has 0 aliphatic heterocycles. The van der Waals surface area contributed by atoms with E-state index < -0.39 is 0 Å². The Morgan fingerprint density at radius 2 is 2.27 bits per heavy atom. The maximum Gasteiger partial charge on any atom is 0.223 e. The smallest absolute Gasteiger partial charge is 0.223 e. The van der Waals surface area contributed by atoms with Gasteiger partial charge in [-0.15, -0.1) is 0 Å². The Kier molecular flexibility index (Phi) is 4.62. The Morgan fingerprint density at radius 3 is 2.87 bits per heavy atom. The minimum atomic E-state index is -0.00948. The van der Waals surface area contributed by atoms with E-state index in [4.69, 9.17) is 4.74 Å². The third kappa shape index (κ3) is 3.91. The van der Waals surface area contributed by atoms with Gasteiger partial charge in [0, 0.05) is 11.5 Å². The first-order chi connectivity index (χ1) is 7.13. The zero-order valence-electron chi connectivity index (χ0n) is 8.84. The molecular formula is C11H14BrNO2. The number of carbonyl (C=O) groups excluding carboxylic acids is 1. The molecule has 82 valence electrons. The van der Waals surface area contributed by atoms with Crippen LogP contribution in [-0.2, 0) is 4.79 Å². The molecular weight excluding hydrogens is 258 g/mol. The summed E-state index contributed by atoms with van der Waals surface area (Å²) in [6.07, 6.45) is 0.381. The van der Waals surface area contributed by atoms with E-state index in [1.54, 1.807) is 7.05 Å². The number of aryl methyl sites for hydroxylation is 1. The van der Waals surface area contributed by atoms with E-state index in [9.17, 15) is 4.79 Å². The summed E-state index contributed by atoms with van der Waals surface area (Å²) in [7, 11) is 1.62. The summed E-state index contributed by atoms with van der Waals surface area (Å²) in [5, 5.41) is 2.55. The normalized spacial score (nSPS) is 9.80. The lowest BCUT2D eigenvalue weighted by molar-refractivity contribution is -0.121. The van der Waals surface area contributed by atoms with Crippen LogP contribution < -0.4 is 10.1 Å². The SMILES string of the molecule is CNC(=O)CCOc1ccc(Br)cc1C. The molecule has 0 spiro atoms. The lowest BCUT2D eigenvalue weighted by Gasteiger charge is -2.08. The number of hydrogen-bond acceptors (Lipinski definition) is 2. The van der Waals surface area contributed by atoms with E-state index in [0.29, 0.717) is 13.0 Å². The molecule has 0 saturated carbocycles. The minimum Gasteiger partial charge on any atom is -0.493 e. The lowest BCUT2D eigenvalue weighted by atomic mass is 10.2. The number of ether oxygens (including phenoxy) is 1. The van der Waals surface area contributed by atoms with Crippen LogP contribution in [0.2, 0.25) is 0 Å². The Labute approximate surface area is 97.9 Å². The highest BCUT2D eigenvalue weighted by Gasteiger charge is 2.02. The molecule has 0 saturated heterocycles. The molecule has 0 heterocycles. The highest BCUT2D eigenvalue weighted by atomic mass is 79.9. The first kappa shape index (κ1) is 12.0. The summed E-state index contributed by atoms with van der Waals surface area (Å²) in [6.45, 7) is 2.38. The van der Waals surface area contributed by atoms with Gasteiger partial charge in [-0.1, -0.05) is 15.9 Å². The fourth-order valence-electron chi connectivity index (χ4n) is 1.15. The molecule has 0 aromatic heterocycles. The topological polar surface area (TPSA) is 38.3 Å². The summed E-state index contributed by atoms with van der Waals surface area (Å²) >= 11 is 3.38. The van der Waals surface area contributed by atoms with Crippen molar-refractivity contribution in [3.8, 4) is 5.75 Å². The van der Waals surface area contributed by atoms with Gasteiger partial charge in [0.25, 0.3) is 0 Å². The number of carbonyl (C=O) groups is 1. The van der Waals surface area contributed by atoms with Crippen molar-refractivity contribution in [1.29, 1.82) is 0 Å². The molecule has 15 heavy (non-hydrogen) atoms. The number of benzene rings is 1.